The summed E-state index contributed by atoms with van der Waals surface area (Å²) in [6.07, 6.45) is 1.91. The number of anilines is 1. The van der Waals surface area contributed by atoms with Crippen LogP contribution in [-0.4, -0.2) is 50.0 Å². The molecule has 2 atom stereocenters. The van der Waals surface area contributed by atoms with E-state index in [-0.39, 0.29) is 50.7 Å². The first kappa shape index (κ1) is 31.8. The fraction of sp³-hybridized carbons (Fsp3) is 0.417. The van der Waals surface area contributed by atoms with Crippen LogP contribution in [0.3, 0.4) is 0 Å². The van der Waals surface area contributed by atoms with Gasteiger partial charge >= 0.3 is 0 Å². The van der Waals surface area contributed by atoms with E-state index in [1.165, 1.54) is 17.0 Å². The molecular weight excluding hydrogens is 604 g/mol. The van der Waals surface area contributed by atoms with Crippen LogP contribution in [0, 0.1) is 0 Å². The van der Waals surface area contributed by atoms with Crippen LogP contribution in [-0.2, 0) is 26.2 Å². The molecule has 1 N–H and O–H groups in total. The van der Waals surface area contributed by atoms with Gasteiger partial charge in [0.2, 0.25) is 21.8 Å². The Morgan fingerprint density at radius 1 is 0.892 bits per heavy atom. The van der Waals surface area contributed by atoms with Crippen molar-refractivity contribution in [2.45, 2.75) is 52.2 Å². The monoisotopic (exact) mass is 629 g/mol. The second-order valence-corrected chi connectivity index (χ2v) is 12.4. The van der Waals surface area contributed by atoms with Gasteiger partial charge in [0.1, 0.15) is 12.6 Å². The molecular formula is C24H28Cl5N3O4S. The lowest BCUT2D eigenvalue weighted by molar-refractivity contribution is -0.140. The Hall–Kier alpha value is -1.42. The first-order valence-electron chi connectivity index (χ1n) is 11.4. The Kier molecular flexibility index (Phi) is 11.7. The SMILES string of the molecule is CC[C@@H](C)NC(=O)[C@@H](CC)N(Cc1ccc(Cl)c(Cl)c1)C(=O)CN(c1cc(Cl)c(Cl)cc1Cl)S(C)(=O)=O. The number of sulfonamides is 1. The van der Waals surface area contributed by atoms with Crippen LogP contribution in [0.15, 0.2) is 30.3 Å². The van der Waals surface area contributed by atoms with Gasteiger partial charge in [-0.05, 0) is 49.6 Å². The molecule has 0 aromatic heterocycles. The first-order valence-corrected chi connectivity index (χ1v) is 15.1. The van der Waals surface area contributed by atoms with Crippen molar-refractivity contribution in [2.75, 3.05) is 17.1 Å². The summed E-state index contributed by atoms with van der Waals surface area (Å²) in [7, 11) is -4.00. The summed E-state index contributed by atoms with van der Waals surface area (Å²) in [6.45, 7) is 4.89. The van der Waals surface area contributed by atoms with E-state index in [0.29, 0.717) is 17.0 Å². The summed E-state index contributed by atoms with van der Waals surface area (Å²) < 4.78 is 26.3. The zero-order chi connectivity index (χ0) is 28.1. The maximum absolute atomic E-state index is 13.7. The minimum absolute atomic E-state index is 0.00906. The molecule has 0 radical (unpaired) electrons. The Bertz CT molecular complexity index is 1260. The smallest absolute Gasteiger partial charge is 0.244 e. The van der Waals surface area contributed by atoms with Gasteiger partial charge in [0, 0.05) is 12.6 Å². The van der Waals surface area contributed by atoms with Crippen molar-refractivity contribution in [3.8, 4) is 0 Å². The number of carbonyl (C=O) groups excluding carboxylic acids is 2. The van der Waals surface area contributed by atoms with E-state index < -0.39 is 28.5 Å². The highest BCUT2D eigenvalue weighted by atomic mass is 35.5. The molecule has 0 spiro atoms. The standard InChI is InChI=1S/C24H28Cl5N3O4S/c1-5-14(3)30-24(34)21(6-2)31(12-15-7-8-16(25)17(26)9-15)23(33)13-32(37(4,35)36)22-11-19(28)18(27)10-20(22)29/h7-11,14,21H,5-6,12-13H2,1-4H3,(H,30,34)/t14-,21-/m1/s1. The molecule has 2 aromatic carbocycles. The molecule has 37 heavy (non-hydrogen) atoms. The van der Waals surface area contributed by atoms with Gasteiger partial charge in [0.25, 0.3) is 0 Å². The third-order valence-corrected chi connectivity index (χ3v) is 8.55. The maximum atomic E-state index is 13.7. The molecule has 0 heterocycles. The van der Waals surface area contributed by atoms with Crippen molar-refractivity contribution in [2.24, 2.45) is 0 Å². The van der Waals surface area contributed by atoms with E-state index >= 15 is 0 Å². The third-order valence-electron chi connectivity index (χ3n) is 5.66. The summed E-state index contributed by atoms with van der Waals surface area (Å²) in [4.78, 5) is 28.2. The fourth-order valence-electron chi connectivity index (χ4n) is 3.49. The lowest BCUT2D eigenvalue weighted by Gasteiger charge is -2.33. The summed E-state index contributed by atoms with van der Waals surface area (Å²) in [5.74, 6) is -0.992. The number of nitrogens with zero attached hydrogens (tertiary/aromatic N) is 2. The molecule has 7 nitrogen and oxygen atoms in total. The van der Waals surface area contributed by atoms with Gasteiger partial charge in [-0.2, -0.15) is 0 Å². The number of hydrogen-bond donors (Lipinski definition) is 1. The molecule has 2 rings (SSSR count). The van der Waals surface area contributed by atoms with Crippen LogP contribution in [0.25, 0.3) is 0 Å². The maximum Gasteiger partial charge on any atom is 0.244 e. The number of rotatable bonds is 11. The predicted octanol–water partition coefficient (Wildman–Crippen LogP) is 6.44. The molecule has 0 unspecified atom stereocenters. The van der Waals surface area contributed by atoms with Gasteiger partial charge < -0.3 is 10.2 Å². The van der Waals surface area contributed by atoms with Gasteiger partial charge in [-0.25, -0.2) is 8.42 Å². The highest BCUT2D eigenvalue weighted by Crippen LogP contribution is 2.35. The second kappa shape index (κ2) is 13.6. The number of hydrogen-bond acceptors (Lipinski definition) is 4. The Morgan fingerprint density at radius 3 is 2.03 bits per heavy atom. The van der Waals surface area contributed by atoms with Crippen LogP contribution in [0.2, 0.25) is 25.1 Å². The molecule has 13 heteroatoms. The number of amides is 2. The topological polar surface area (TPSA) is 86.8 Å². The Morgan fingerprint density at radius 2 is 1.49 bits per heavy atom. The van der Waals surface area contributed by atoms with Crippen LogP contribution in [0.4, 0.5) is 5.69 Å². The van der Waals surface area contributed by atoms with Crippen LogP contribution in [0.5, 0.6) is 0 Å². The van der Waals surface area contributed by atoms with Gasteiger partial charge in [-0.3, -0.25) is 13.9 Å². The van der Waals surface area contributed by atoms with E-state index in [9.17, 15) is 18.0 Å². The minimum Gasteiger partial charge on any atom is -0.352 e. The van der Waals surface area contributed by atoms with E-state index in [0.717, 1.165) is 10.6 Å². The lowest BCUT2D eigenvalue weighted by atomic mass is 10.1. The molecule has 0 fully saturated rings. The molecule has 0 aliphatic rings. The Balaban J connectivity index is 2.53. The van der Waals surface area contributed by atoms with Gasteiger partial charge in [0.15, 0.2) is 0 Å². The number of halogens is 5. The first-order chi connectivity index (χ1) is 17.2. The van der Waals surface area contributed by atoms with Crippen molar-refractivity contribution in [1.82, 2.24) is 10.2 Å². The van der Waals surface area contributed by atoms with Crippen LogP contribution < -0.4 is 9.62 Å². The molecule has 0 bridgehead atoms. The zero-order valence-electron chi connectivity index (χ0n) is 20.7. The third kappa shape index (κ3) is 8.53. The normalized spacial score (nSPS) is 13.1. The van der Waals surface area contributed by atoms with E-state index in [4.69, 9.17) is 58.0 Å². The van der Waals surface area contributed by atoms with E-state index in [2.05, 4.69) is 5.32 Å². The van der Waals surface area contributed by atoms with E-state index in [1.54, 1.807) is 25.1 Å². The number of carbonyl (C=O) groups is 2. The van der Waals surface area contributed by atoms with Crippen LogP contribution >= 0.6 is 58.0 Å². The van der Waals surface area contributed by atoms with Crippen molar-refractivity contribution >= 4 is 85.5 Å². The van der Waals surface area contributed by atoms with Crippen molar-refractivity contribution in [3.05, 3.63) is 61.0 Å². The lowest BCUT2D eigenvalue weighted by Crippen LogP contribution is -2.53. The van der Waals surface area contributed by atoms with Gasteiger partial charge in [-0.15, -0.1) is 0 Å². The molecule has 0 aliphatic carbocycles. The van der Waals surface area contributed by atoms with Crippen molar-refractivity contribution in [1.29, 1.82) is 0 Å². The van der Waals surface area contributed by atoms with Gasteiger partial charge in [-0.1, -0.05) is 77.9 Å². The summed E-state index contributed by atoms with van der Waals surface area (Å²) in [5, 5.41) is 3.70. The summed E-state index contributed by atoms with van der Waals surface area (Å²) in [6, 6.07) is 6.42. The highest BCUT2D eigenvalue weighted by Gasteiger charge is 2.33. The average molecular weight is 632 g/mol. The van der Waals surface area contributed by atoms with Crippen molar-refractivity contribution in [3.63, 3.8) is 0 Å². The largest absolute Gasteiger partial charge is 0.352 e. The summed E-state index contributed by atoms with van der Waals surface area (Å²) >= 11 is 30.6. The summed E-state index contributed by atoms with van der Waals surface area (Å²) in [5.41, 5.74) is 0.592. The van der Waals surface area contributed by atoms with Gasteiger partial charge in [0.05, 0.1) is 37.1 Å². The molecule has 204 valence electrons. The number of benzene rings is 2. The number of nitrogens with one attached hydrogen (secondary N) is 1. The molecule has 0 aliphatic heterocycles. The average Bonchev–Trinajstić information content (AvgIpc) is 2.81. The minimum atomic E-state index is -4.00. The second-order valence-electron chi connectivity index (χ2n) is 8.50. The molecule has 2 aromatic rings. The molecule has 0 saturated heterocycles. The van der Waals surface area contributed by atoms with Crippen LogP contribution in [0.1, 0.15) is 39.2 Å². The fourth-order valence-corrected chi connectivity index (χ4v) is 5.36. The predicted molar refractivity (Wildman–Crippen MR) is 153 cm³/mol. The Labute approximate surface area is 243 Å². The quantitative estimate of drug-likeness (QED) is 0.289. The van der Waals surface area contributed by atoms with Crippen molar-refractivity contribution < 1.29 is 18.0 Å². The van der Waals surface area contributed by atoms with E-state index in [1.807, 2.05) is 13.8 Å². The molecule has 0 saturated carbocycles. The highest BCUT2D eigenvalue weighted by molar-refractivity contribution is 7.92. The zero-order valence-corrected chi connectivity index (χ0v) is 25.3. The molecule has 2 amide bonds.